The van der Waals surface area contributed by atoms with Gasteiger partial charge in [-0.1, -0.05) is 91.0 Å². The molecule has 0 saturated carbocycles. The lowest BCUT2D eigenvalue weighted by Crippen LogP contribution is -2.48. The molecule has 5 rings (SSSR count). The summed E-state index contributed by atoms with van der Waals surface area (Å²) in [6, 6.07) is 36.7. The number of piperazine rings is 1. The molecule has 0 amide bonds. The Labute approximate surface area is 201 Å². The molecule has 0 bridgehead atoms. The SMILES string of the molecule is Nc1ccc(N2CCN(CCC(c3ccccc3)(c3ccccc3)c3ccccc3)CC2)nn1. The predicted octanol–water partition coefficient (Wildman–Crippen LogP) is 4.61. The topological polar surface area (TPSA) is 58.3 Å². The summed E-state index contributed by atoms with van der Waals surface area (Å²) in [6.45, 7) is 4.89. The van der Waals surface area contributed by atoms with Crippen LogP contribution >= 0.6 is 0 Å². The molecule has 2 N–H and O–H groups in total. The summed E-state index contributed by atoms with van der Waals surface area (Å²) in [5.41, 5.74) is 9.51. The zero-order valence-electron chi connectivity index (χ0n) is 19.4. The zero-order valence-corrected chi connectivity index (χ0v) is 19.4. The molecule has 5 nitrogen and oxygen atoms in total. The van der Waals surface area contributed by atoms with Crippen LogP contribution in [0, 0.1) is 0 Å². The highest BCUT2D eigenvalue weighted by Crippen LogP contribution is 2.42. The standard InChI is InChI=1S/C29H31N5/c30-27-16-17-28(32-31-27)34-22-20-33(21-23-34)19-18-29(24-10-4-1-5-11-24,25-12-6-2-7-13-25)26-14-8-3-9-15-26/h1-17H,18-23H2,(H2,30,31). The summed E-state index contributed by atoms with van der Waals surface area (Å²) >= 11 is 0. The summed E-state index contributed by atoms with van der Waals surface area (Å²) < 4.78 is 0. The summed E-state index contributed by atoms with van der Waals surface area (Å²) in [6.07, 6.45) is 1.01. The molecule has 0 spiro atoms. The van der Waals surface area contributed by atoms with Crippen LogP contribution in [-0.4, -0.2) is 47.8 Å². The van der Waals surface area contributed by atoms with E-state index in [9.17, 15) is 0 Å². The van der Waals surface area contributed by atoms with Crippen LogP contribution in [0.2, 0.25) is 0 Å². The molecule has 34 heavy (non-hydrogen) atoms. The van der Waals surface area contributed by atoms with Crippen LogP contribution in [0.4, 0.5) is 11.6 Å². The second-order valence-electron chi connectivity index (χ2n) is 8.90. The maximum atomic E-state index is 5.70. The molecule has 0 unspecified atom stereocenters. The number of nitrogens with two attached hydrogens (primary N) is 1. The Bertz CT molecular complexity index is 1060. The van der Waals surface area contributed by atoms with Crippen LogP contribution < -0.4 is 10.6 Å². The molecule has 1 aliphatic heterocycles. The van der Waals surface area contributed by atoms with Gasteiger partial charge in [-0.05, 0) is 41.8 Å². The van der Waals surface area contributed by atoms with Crippen molar-refractivity contribution in [3.8, 4) is 0 Å². The van der Waals surface area contributed by atoms with Gasteiger partial charge in [-0.15, -0.1) is 10.2 Å². The molecule has 4 aromatic rings. The number of rotatable bonds is 7. The molecular formula is C29H31N5. The first-order valence-corrected chi connectivity index (χ1v) is 12.0. The molecule has 2 heterocycles. The molecule has 0 aliphatic carbocycles. The third kappa shape index (κ3) is 4.52. The van der Waals surface area contributed by atoms with E-state index in [1.54, 1.807) is 0 Å². The minimum atomic E-state index is -0.205. The van der Waals surface area contributed by atoms with Gasteiger partial charge in [0, 0.05) is 31.6 Å². The van der Waals surface area contributed by atoms with E-state index >= 15 is 0 Å². The lowest BCUT2D eigenvalue weighted by atomic mass is 9.67. The van der Waals surface area contributed by atoms with Crippen molar-refractivity contribution in [2.45, 2.75) is 11.8 Å². The Kier molecular flexibility index (Phi) is 6.54. The van der Waals surface area contributed by atoms with Crippen molar-refractivity contribution in [1.82, 2.24) is 15.1 Å². The van der Waals surface area contributed by atoms with Crippen LogP contribution in [0.25, 0.3) is 0 Å². The maximum absolute atomic E-state index is 5.70. The highest BCUT2D eigenvalue weighted by atomic mass is 15.3. The molecule has 1 fully saturated rings. The minimum absolute atomic E-state index is 0.205. The molecule has 3 aromatic carbocycles. The Morgan fingerprint density at radius 3 is 1.56 bits per heavy atom. The fourth-order valence-electron chi connectivity index (χ4n) is 5.13. The van der Waals surface area contributed by atoms with Crippen LogP contribution in [0.15, 0.2) is 103 Å². The Morgan fingerprint density at radius 1 is 0.618 bits per heavy atom. The first kappa shape index (κ1) is 22.1. The third-order valence-corrected chi connectivity index (χ3v) is 6.97. The fraction of sp³-hybridized carbons (Fsp3) is 0.241. The number of anilines is 2. The summed E-state index contributed by atoms with van der Waals surface area (Å²) in [5, 5.41) is 8.28. The van der Waals surface area contributed by atoms with Gasteiger partial charge >= 0.3 is 0 Å². The van der Waals surface area contributed by atoms with E-state index in [0.717, 1.165) is 45.0 Å². The summed E-state index contributed by atoms with van der Waals surface area (Å²) in [7, 11) is 0. The van der Waals surface area contributed by atoms with Gasteiger partial charge in [0.1, 0.15) is 5.82 Å². The zero-order chi connectivity index (χ0) is 23.2. The predicted molar refractivity (Wildman–Crippen MR) is 139 cm³/mol. The number of hydrogen-bond donors (Lipinski definition) is 1. The van der Waals surface area contributed by atoms with Gasteiger partial charge in [-0.25, -0.2) is 0 Å². The van der Waals surface area contributed by atoms with Gasteiger partial charge in [-0.2, -0.15) is 0 Å². The fourth-order valence-corrected chi connectivity index (χ4v) is 5.13. The number of nitrogens with zero attached hydrogens (tertiary/aromatic N) is 4. The first-order chi connectivity index (χ1) is 16.8. The van der Waals surface area contributed by atoms with E-state index in [0.29, 0.717) is 5.82 Å². The molecular weight excluding hydrogens is 418 g/mol. The largest absolute Gasteiger partial charge is 0.382 e. The van der Waals surface area contributed by atoms with E-state index in [-0.39, 0.29) is 5.41 Å². The van der Waals surface area contributed by atoms with Gasteiger partial charge in [0.25, 0.3) is 0 Å². The number of aromatic nitrogens is 2. The molecule has 1 saturated heterocycles. The van der Waals surface area contributed by atoms with Gasteiger partial charge in [0.05, 0.1) is 0 Å². The van der Waals surface area contributed by atoms with Crippen LogP contribution in [0.3, 0.4) is 0 Å². The second kappa shape index (κ2) is 10.1. The molecule has 5 heteroatoms. The lowest BCUT2D eigenvalue weighted by molar-refractivity contribution is 0.241. The van der Waals surface area contributed by atoms with E-state index in [4.69, 9.17) is 5.73 Å². The molecule has 0 atom stereocenters. The Hall–Kier alpha value is -3.70. The Morgan fingerprint density at radius 2 is 1.12 bits per heavy atom. The lowest BCUT2D eigenvalue weighted by Gasteiger charge is -2.40. The average molecular weight is 450 g/mol. The average Bonchev–Trinajstić information content (AvgIpc) is 2.92. The number of hydrogen-bond acceptors (Lipinski definition) is 5. The maximum Gasteiger partial charge on any atom is 0.151 e. The van der Waals surface area contributed by atoms with Crippen LogP contribution in [0.5, 0.6) is 0 Å². The quantitative estimate of drug-likeness (QED) is 0.418. The minimum Gasteiger partial charge on any atom is -0.382 e. The van der Waals surface area contributed by atoms with Crippen molar-refractivity contribution in [3.05, 3.63) is 120 Å². The van der Waals surface area contributed by atoms with Gasteiger partial charge in [0.2, 0.25) is 0 Å². The highest BCUT2D eigenvalue weighted by Gasteiger charge is 2.36. The second-order valence-corrected chi connectivity index (χ2v) is 8.90. The molecule has 172 valence electrons. The van der Waals surface area contributed by atoms with Crippen molar-refractivity contribution in [1.29, 1.82) is 0 Å². The smallest absolute Gasteiger partial charge is 0.151 e. The van der Waals surface area contributed by atoms with Crippen molar-refractivity contribution >= 4 is 11.6 Å². The normalized spacial score (nSPS) is 14.8. The van der Waals surface area contributed by atoms with Gasteiger partial charge < -0.3 is 10.6 Å². The van der Waals surface area contributed by atoms with E-state index in [2.05, 4.69) is 111 Å². The van der Waals surface area contributed by atoms with Crippen molar-refractivity contribution in [2.75, 3.05) is 43.4 Å². The van der Waals surface area contributed by atoms with Gasteiger partial charge in [0.15, 0.2) is 5.82 Å². The number of benzene rings is 3. The first-order valence-electron chi connectivity index (χ1n) is 12.0. The summed E-state index contributed by atoms with van der Waals surface area (Å²) in [4.78, 5) is 4.87. The van der Waals surface area contributed by atoms with Crippen LogP contribution in [-0.2, 0) is 5.41 Å². The van der Waals surface area contributed by atoms with E-state index in [1.165, 1.54) is 16.7 Å². The monoisotopic (exact) mass is 449 g/mol. The Balaban J connectivity index is 1.40. The molecule has 0 radical (unpaired) electrons. The third-order valence-electron chi connectivity index (χ3n) is 6.97. The van der Waals surface area contributed by atoms with E-state index < -0.39 is 0 Å². The summed E-state index contributed by atoms with van der Waals surface area (Å²) in [5.74, 6) is 1.36. The van der Waals surface area contributed by atoms with Crippen molar-refractivity contribution in [3.63, 3.8) is 0 Å². The van der Waals surface area contributed by atoms with E-state index in [1.807, 2.05) is 12.1 Å². The van der Waals surface area contributed by atoms with Crippen molar-refractivity contribution in [2.24, 2.45) is 0 Å². The molecule has 1 aromatic heterocycles. The van der Waals surface area contributed by atoms with Crippen LogP contribution in [0.1, 0.15) is 23.1 Å². The van der Waals surface area contributed by atoms with Gasteiger partial charge in [-0.3, -0.25) is 4.90 Å². The number of nitrogen functional groups attached to an aromatic ring is 1. The molecule has 1 aliphatic rings. The van der Waals surface area contributed by atoms with Crippen molar-refractivity contribution < 1.29 is 0 Å². The highest BCUT2D eigenvalue weighted by molar-refractivity contribution is 5.50.